The molecule has 0 bridgehead atoms. The van der Waals surface area contributed by atoms with Gasteiger partial charge in [-0.2, -0.15) is 10.2 Å². The average Bonchev–Trinajstić information content (AvgIpc) is 3.40. The lowest BCUT2D eigenvalue weighted by Crippen LogP contribution is -2.22. The molecule has 31 heavy (non-hydrogen) atoms. The van der Waals surface area contributed by atoms with E-state index in [1.807, 2.05) is 44.3 Å². The van der Waals surface area contributed by atoms with Gasteiger partial charge in [-0.3, -0.25) is 0 Å². The minimum atomic E-state index is -0.559. The van der Waals surface area contributed by atoms with Crippen molar-refractivity contribution in [2.45, 2.75) is 26.8 Å². The van der Waals surface area contributed by atoms with Crippen LogP contribution in [-0.4, -0.2) is 49.9 Å². The Morgan fingerprint density at radius 2 is 2.13 bits per heavy atom. The van der Waals surface area contributed by atoms with E-state index in [2.05, 4.69) is 31.8 Å². The summed E-state index contributed by atoms with van der Waals surface area (Å²) in [5, 5.41) is 25.0. The van der Waals surface area contributed by atoms with Crippen LogP contribution in [0.3, 0.4) is 0 Å². The lowest BCUT2D eigenvalue weighted by atomic mass is 9.96. The molecule has 0 fully saturated rings. The fourth-order valence-electron chi connectivity index (χ4n) is 3.28. The van der Waals surface area contributed by atoms with Crippen molar-refractivity contribution in [1.82, 2.24) is 29.6 Å². The number of nitrogens with one attached hydrogen (secondary N) is 1. The first-order valence-electron chi connectivity index (χ1n) is 9.86. The normalized spacial score (nSPS) is 12.8. The highest BCUT2D eigenvalue weighted by atomic mass is 19.1. The zero-order valence-electron chi connectivity index (χ0n) is 17.8. The van der Waals surface area contributed by atoms with Gasteiger partial charge in [0.2, 0.25) is 11.8 Å². The molecule has 9 nitrogen and oxygen atoms in total. The van der Waals surface area contributed by atoms with E-state index in [1.165, 1.54) is 0 Å². The SMILES string of the molecule is COc1nc(NCC(C)(C)C#N)nn2ccc(-c3ccc4nnn([C@@H](C)CF)c4c3)c12. The maximum absolute atomic E-state index is 13.2. The van der Waals surface area contributed by atoms with Crippen molar-refractivity contribution in [2.75, 3.05) is 25.6 Å². The topological polar surface area (TPSA) is 106 Å². The summed E-state index contributed by atoms with van der Waals surface area (Å²) in [6.45, 7) is 5.30. The van der Waals surface area contributed by atoms with Crippen molar-refractivity contribution in [3.63, 3.8) is 0 Å². The van der Waals surface area contributed by atoms with E-state index in [0.717, 1.165) is 16.6 Å². The second-order valence-electron chi connectivity index (χ2n) is 8.06. The van der Waals surface area contributed by atoms with Crippen LogP contribution >= 0.6 is 0 Å². The highest BCUT2D eigenvalue weighted by Gasteiger charge is 2.20. The molecule has 3 heterocycles. The Labute approximate surface area is 178 Å². The molecule has 0 saturated carbocycles. The molecule has 0 amide bonds. The van der Waals surface area contributed by atoms with Crippen LogP contribution in [0.4, 0.5) is 10.3 Å². The van der Waals surface area contributed by atoms with Crippen LogP contribution in [0.5, 0.6) is 5.88 Å². The van der Waals surface area contributed by atoms with Crippen molar-refractivity contribution < 1.29 is 9.13 Å². The van der Waals surface area contributed by atoms with Crippen LogP contribution in [0.2, 0.25) is 0 Å². The second-order valence-corrected chi connectivity index (χ2v) is 8.06. The van der Waals surface area contributed by atoms with Crippen LogP contribution in [0.25, 0.3) is 27.7 Å². The first-order valence-corrected chi connectivity index (χ1v) is 9.86. The van der Waals surface area contributed by atoms with Crippen LogP contribution in [0.1, 0.15) is 26.8 Å². The largest absolute Gasteiger partial charge is 0.479 e. The molecule has 0 saturated heterocycles. The Balaban J connectivity index is 1.78. The quantitative estimate of drug-likeness (QED) is 0.485. The molecular formula is C21H23FN8O. The molecular weight excluding hydrogens is 399 g/mol. The lowest BCUT2D eigenvalue weighted by molar-refractivity contribution is 0.357. The number of methoxy groups -OCH3 is 1. The van der Waals surface area contributed by atoms with E-state index in [0.29, 0.717) is 29.4 Å². The maximum atomic E-state index is 13.2. The first kappa shape index (κ1) is 20.5. The zero-order valence-corrected chi connectivity index (χ0v) is 17.8. The summed E-state index contributed by atoms with van der Waals surface area (Å²) in [6.07, 6.45) is 1.82. The summed E-state index contributed by atoms with van der Waals surface area (Å²) in [6, 6.07) is 9.47. The van der Waals surface area contributed by atoms with Gasteiger partial charge in [-0.05, 0) is 44.5 Å². The highest BCUT2D eigenvalue weighted by Crippen LogP contribution is 2.33. The summed E-state index contributed by atoms with van der Waals surface area (Å²) >= 11 is 0. The number of alkyl halides is 1. The van der Waals surface area contributed by atoms with E-state index in [4.69, 9.17) is 4.74 Å². The van der Waals surface area contributed by atoms with Gasteiger partial charge in [-0.1, -0.05) is 11.3 Å². The zero-order chi connectivity index (χ0) is 22.2. The minimum Gasteiger partial charge on any atom is -0.479 e. The van der Waals surface area contributed by atoms with Gasteiger partial charge in [-0.25, -0.2) is 13.6 Å². The monoisotopic (exact) mass is 422 g/mol. The number of nitrogens with zero attached hydrogens (tertiary/aromatic N) is 7. The van der Waals surface area contributed by atoms with Gasteiger partial charge in [0.25, 0.3) is 0 Å². The van der Waals surface area contributed by atoms with Gasteiger partial charge in [0.15, 0.2) is 0 Å². The van der Waals surface area contributed by atoms with Crippen molar-refractivity contribution in [3.05, 3.63) is 30.5 Å². The standard InChI is InChI=1S/C21H23FN8O/c1-13(10-22)30-17-9-14(5-6-16(17)26-28-30)15-7-8-29-18(15)19(31-4)25-20(27-29)24-12-21(2,3)11-23/h5-9,13H,10,12H2,1-4H3,(H,24,27)/t13-/m0/s1. The number of hydrogen-bond acceptors (Lipinski definition) is 7. The Morgan fingerprint density at radius 1 is 1.32 bits per heavy atom. The van der Waals surface area contributed by atoms with Crippen LogP contribution in [0, 0.1) is 16.7 Å². The Hall–Kier alpha value is -3.74. The van der Waals surface area contributed by atoms with Crippen molar-refractivity contribution in [1.29, 1.82) is 5.26 Å². The average molecular weight is 422 g/mol. The number of ether oxygens (including phenoxy) is 1. The lowest BCUT2D eigenvalue weighted by Gasteiger charge is -2.16. The third kappa shape index (κ3) is 3.74. The highest BCUT2D eigenvalue weighted by molar-refractivity contribution is 5.89. The van der Waals surface area contributed by atoms with Gasteiger partial charge in [0, 0.05) is 18.3 Å². The number of aromatic nitrogens is 6. The summed E-state index contributed by atoms with van der Waals surface area (Å²) in [4.78, 5) is 4.47. The molecule has 0 aliphatic rings. The van der Waals surface area contributed by atoms with Crippen LogP contribution in [-0.2, 0) is 0 Å². The summed E-state index contributed by atoms with van der Waals surface area (Å²) in [5.41, 5.74) is 3.34. The fourth-order valence-corrected chi connectivity index (χ4v) is 3.28. The number of anilines is 1. The first-order chi connectivity index (χ1) is 14.9. The van der Waals surface area contributed by atoms with Gasteiger partial charge >= 0.3 is 0 Å². The predicted molar refractivity (Wildman–Crippen MR) is 115 cm³/mol. The van der Waals surface area contributed by atoms with Crippen molar-refractivity contribution in [3.8, 4) is 23.1 Å². The van der Waals surface area contributed by atoms with E-state index >= 15 is 0 Å². The third-order valence-electron chi connectivity index (χ3n) is 5.09. The van der Waals surface area contributed by atoms with Crippen LogP contribution in [0.15, 0.2) is 30.5 Å². The smallest absolute Gasteiger partial charge is 0.244 e. The molecule has 0 aliphatic heterocycles. The van der Waals surface area contributed by atoms with Crippen molar-refractivity contribution in [2.24, 2.45) is 5.41 Å². The number of halogens is 1. The molecule has 0 radical (unpaired) electrons. The van der Waals surface area contributed by atoms with Gasteiger partial charge in [-0.15, -0.1) is 10.2 Å². The molecule has 4 aromatic rings. The Morgan fingerprint density at radius 3 is 2.84 bits per heavy atom. The molecule has 1 aromatic carbocycles. The maximum Gasteiger partial charge on any atom is 0.244 e. The van der Waals surface area contributed by atoms with E-state index in [9.17, 15) is 9.65 Å². The summed E-state index contributed by atoms with van der Waals surface area (Å²) < 4.78 is 22.0. The van der Waals surface area contributed by atoms with Gasteiger partial charge in [0.05, 0.1) is 30.2 Å². The molecule has 4 rings (SSSR count). The second kappa shape index (κ2) is 7.83. The molecule has 1 atom stereocenters. The molecule has 1 N–H and O–H groups in total. The number of nitriles is 1. The molecule has 0 spiro atoms. The third-order valence-corrected chi connectivity index (χ3v) is 5.09. The van der Waals surface area contributed by atoms with E-state index in [1.54, 1.807) is 23.2 Å². The van der Waals surface area contributed by atoms with Crippen molar-refractivity contribution >= 4 is 22.5 Å². The molecule has 160 valence electrons. The molecule has 0 unspecified atom stereocenters. The fraction of sp³-hybridized carbons (Fsp3) is 0.381. The summed E-state index contributed by atoms with van der Waals surface area (Å²) in [7, 11) is 1.55. The molecule has 0 aliphatic carbocycles. The Kier molecular flexibility index (Phi) is 5.19. The number of rotatable bonds is 7. The number of fused-ring (bicyclic) bond motifs is 2. The van der Waals surface area contributed by atoms with E-state index in [-0.39, 0.29) is 0 Å². The Bertz CT molecular complexity index is 1290. The predicted octanol–water partition coefficient (Wildman–Crippen LogP) is 3.64. The number of hydrogen-bond donors (Lipinski definition) is 1. The van der Waals surface area contributed by atoms with Gasteiger partial charge in [0.1, 0.15) is 17.7 Å². The number of benzene rings is 1. The summed E-state index contributed by atoms with van der Waals surface area (Å²) in [5.74, 6) is 0.764. The van der Waals surface area contributed by atoms with Gasteiger partial charge < -0.3 is 10.1 Å². The van der Waals surface area contributed by atoms with E-state index < -0.39 is 18.1 Å². The minimum absolute atomic E-state index is 0.365. The van der Waals surface area contributed by atoms with Crippen LogP contribution < -0.4 is 10.1 Å². The molecule has 3 aromatic heterocycles. The molecule has 10 heteroatoms.